The number of carbonyl (C=O) groups excluding carboxylic acids is 2. The lowest BCUT2D eigenvalue weighted by Gasteiger charge is -1.93. The lowest BCUT2D eigenvalue weighted by molar-refractivity contribution is -0.145. The van der Waals surface area contributed by atoms with Gasteiger partial charge in [0, 0.05) is 6.92 Å². The Labute approximate surface area is 64.5 Å². The van der Waals surface area contributed by atoms with Crippen molar-refractivity contribution in [3.05, 3.63) is 0 Å². The van der Waals surface area contributed by atoms with Crippen LogP contribution in [-0.4, -0.2) is 35.7 Å². The normalized spacial score (nSPS) is 7.33. The third-order valence-corrected chi connectivity index (χ3v) is 0.479. The molecule has 0 saturated carbocycles. The van der Waals surface area contributed by atoms with Crippen LogP contribution in [0, 0.1) is 0 Å². The van der Waals surface area contributed by atoms with E-state index >= 15 is 0 Å². The van der Waals surface area contributed by atoms with Gasteiger partial charge in [0.2, 0.25) is 0 Å². The fraction of sp³-hybridized carbons (Fsp3) is 0.600. The van der Waals surface area contributed by atoms with Crippen LogP contribution in [0.5, 0.6) is 0 Å². The van der Waals surface area contributed by atoms with Gasteiger partial charge < -0.3 is 4.74 Å². The first-order chi connectivity index (χ1) is 3.63. The van der Waals surface area contributed by atoms with Gasteiger partial charge in [-0.3, -0.25) is 9.59 Å². The largest absolute Gasteiger partial charge is 0.458 e. The number of carbonyl (C=O) groups is 2. The first kappa shape index (κ1) is 11.5. The maximum atomic E-state index is 10.1. The van der Waals surface area contributed by atoms with E-state index in [1.54, 1.807) is 0 Å². The Morgan fingerprint density at radius 3 is 1.89 bits per heavy atom. The SMILES string of the molecule is CC(=O)COC(C)=O.[AlH3]. The van der Waals surface area contributed by atoms with Gasteiger partial charge in [-0.05, 0) is 6.92 Å². The minimum atomic E-state index is -0.416. The monoisotopic (exact) mass is 146 g/mol. The quantitative estimate of drug-likeness (QED) is 0.369. The van der Waals surface area contributed by atoms with Crippen LogP contribution in [-0.2, 0) is 14.3 Å². The lowest BCUT2D eigenvalue weighted by Crippen LogP contribution is -2.07. The van der Waals surface area contributed by atoms with E-state index < -0.39 is 5.97 Å². The van der Waals surface area contributed by atoms with Crippen molar-refractivity contribution in [3.8, 4) is 0 Å². The van der Waals surface area contributed by atoms with Gasteiger partial charge in [-0.15, -0.1) is 0 Å². The van der Waals surface area contributed by atoms with Crippen LogP contribution >= 0.6 is 0 Å². The number of hydrogen-bond donors (Lipinski definition) is 0. The molecule has 0 aromatic heterocycles. The van der Waals surface area contributed by atoms with E-state index in [-0.39, 0.29) is 29.8 Å². The van der Waals surface area contributed by atoms with Crippen LogP contribution in [0.1, 0.15) is 13.8 Å². The number of rotatable bonds is 2. The Morgan fingerprint density at radius 2 is 1.78 bits per heavy atom. The summed E-state index contributed by atoms with van der Waals surface area (Å²) in [5.74, 6) is -0.555. The van der Waals surface area contributed by atoms with Crippen LogP contribution in [0.15, 0.2) is 0 Å². The molecule has 0 atom stereocenters. The van der Waals surface area contributed by atoms with Crippen molar-refractivity contribution in [1.82, 2.24) is 0 Å². The van der Waals surface area contributed by atoms with Crippen molar-refractivity contribution < 1.29 is 14.3 Å². The molecule has 0 aliphatic rings. The highest BCUT2D eigenvalue weighted by molar-refractivity contribution is 5.79. The Balaban J connectivity index is 0. The van der Waals surface area contributed by atoms with Crippen molar-refractivity contribution >= 4 is 29.1 Å². The molecule has 0 radical (unpaired) electrons. The smallest absolute Gasteiger partial charge is 0.303 e. The summed E-state index contributed by atoms with van der Waals surface area (Å²) >= 11 is 0. The van der Waals surface area contributed by atoms with Gasteiger partial charge in [0.05, 0.1) is 0 Å². The zero-order valence-corrected chi connectivity index (χ0v) is 4.93. The second-order valence-electron chi connectivity index (χ2n) is 1.48. The van der Waals surface area contributed by atoms with E-state index in [9.17, 15) is 9.59 Å². The minimum Gasteiger partial charge on any atom is -0.458 e. The molecule has 0 spiro atoms. The predicted molar refractivity (Wildman–Crippen MR) is 37.3 cm³/mol. The third-order valence-electron chi connectivity index (χ3n) is 0.479. The summed E-state index contributed by atoms with van der Waals surface area (Å²) in [6.07, 6.45) is 0. The van der Waals surface area contributed by atoms with Crippen LogP contribution in [0.2, 0.25) is 0 Å². The molecule has 4 heteroatoms. The highest BCUT2D eigenvalue weighted by Crippen LogP contribution is 1.75. The molecule has 0 N–H and O–H groups in total. The summed E-state index contributed by atoms with van der Waals surface area (Å²) in [5.41, 5.74) is 0. The molecule has 0 amide bonds. The Bertz CT molecular complexity index is 96.8. The number of ether oxygens (including phenoxy) is 1. The van der Waals surface area contributed by atoms with Crippen LogP contribution in [0.25, 0.3) is 0 Å². The molecule has 0 fully saturated rings. The molecule has 0 unspecified atom stereocenters. The molecule has 0 saturated heterocycles. The topological polar surface area (TPSA) is 43.4 Å². The van der Waals surface area contributed by atoms with Crippen LogP contribution < -0.4 is 0 Å². The molecular weight excluding hydrogens is 135 g/mol. The highest BCUT2D eigenvalue weighted by Gasteiger charge is 1.94. The van der Waals surface area contributed by atoms with Gasteiger partial charge >= 0.3 is 5.97 Å². The maximum absolute atomic E-state index is 10.1. The van der Waals surface area contributed by atoms with Crippen molar-refractivity contribution in [2.45, 2.75) is 13.8 Å². The van der Waals surface area contributed by atoms with E-state index in [0.717, 1.165) is 0 Å². The number of hydrogen-bond acceptors (Lipinski definition) is 3. The average molecular weight is 146 g/mol. The number of esters is 1. The summed E-state index contributed by atoms with van der Waals surface area (Å²) in [6, 6.07) is 0. The van der Waals surface area contributed by atoms with E-state index in [4.69, 9.17) is 0 Å². The molecule has 9 heavy (non-hydrogen) atoms. The first-order valence-corrected chi connectivity index (χ1v) is 2.25. The number of Topliss-reactive ketones (excluding diaryl/α,β-unsaturated/α-hetero) is 1. The summed E-state index contributed by atoms with van der Waals surface area (Å²) < 4.78 is 4.31. The zero-order chi connectivity index (χ0) is 6.57. The van der Waals surface area contributed by atoms with Crippen LogP contribution in [0.4, 0.5) is 0 Å². The van der Waals surface area contributed by atoms with Crippen molar-refractivity contribution in [3.63, 3.8) is 0 Å². The van der Waals surface area contributed by atoms with Gasteiger partial charge in [0.25, 0.3) is 0 Å². The molecule has 0 aromatic rings. The summed E-state index contributed by atoms with van der Waals surface area (Å²) in [4.78, 5) is 20.0. The highest BCUT2D eigenvalue weighted by atomic mass is 27.0. The molecule has 0 aliphatic carbocycles. The minimum absolute atomic E-state index is 0. The van der Waals surface area contributed by atoms with E-state index in [0.29, 0.717) is 0 Å². The summed E-state index contributed by atoms with van der Waals surface area (Å²) in [7, 11) is 0. The Hall–Kier alpha value is -0.328. The van der Waals surface area contributed by atoms with Crippen molar-refractivity contribution in [2.75, 3.05) is 6.61 Å². The fourth-order valence-corrected chi connectivity index (χ4v) is 0.203. The third kappa shape index (κ3) is 11.3. The van der Waals surface area contributed by atoms with Crippen molar-refractivity contribution in [1.29, 1.82) is 0 Å². The predicted octanol–water partition coefficient (Wildman–Crippen LogP) is -1.05. The molecule has 52 valence electrons. The zero-order valence-electron chi connectivity index (χ0n) is 4.93. The van der Waals surface area contributed by atoms with Gasteiger partial charge in [-0.25, -0.2) is 0 Å². The van der Waals surface area contributed by atoms with E-state index in [1.165, 1.54) is 13.8 Å². The molecule has 0 bridgehead atoms. The van der Waals surface area contributed by atoms with E-state index in [1.807, 2.05) is 0 Å². The van der Waals surface area contributed by atoms with Gasteiger partial charge in [-0.2, -0.15) is 0 Å². The molecule has 3 nitrogen and oxygen atoms in total. The van der Waals surface area contributed by atoms with Crippen LogP contribution in [0.3, 0.4) is 0 Å². The molecule has 0 aromatic carbocycles. The molecule has 0 rings (SSSR count). The Kier molecular flexibility index (Phi) is 7.39. The summed E-state index contributed by atoms with van der Waals surface area (Å²) in [5, 5.41) is 0. The molecule has 0 aliphatic heterocycles. The first-order valence-electron chi connectivity index (χ1n) is 2.25. The van der Waals surface area contributed by atoms with E-state index in [2.05, 4.69) is 4.74 Å². The lowest BCUT2D eigenvalue weighted by atomic mass is 10.5. The Morgan fingerprint density at radius 1 is 1.33 bits per heavy atom. The standard InChI is InChI=1S/C5H8O3.Al.3H/c1-4(6)3-8-5(2)7;;;;/h3H2,1-2H3;;;;. The maximum Gasteiger partial charge on any atom is 0.303 e. The van der Waals surface area contributed by atoms with Gasteiger partial charge in [-0.1, -0.05) is 0 Å². The second kappa shape index (κ2) is 5.80. The van der Waals surface area contributed by atoms with Gasteiger partial charge in [0.15, 0.2) is 23.1 Å². The number of ketones is 1. The molecular formula is C5H11AlO3. The average Bonchev–Trinajstić information content (AvgIpc) is 1.61. The molecule has 0 heterocycles. The fourth-order valence-electron chi connectivity index (χ4n) is 0.203. The van der Waals surface area contributed by atoms with Gasteiger partial charge in [0.1, 0.15) is 6.61 Å². The van der Waals surface area contributed by atoms with Crippen molar-refractivity contribution in [2.24, 2.45) is 0 Å². The second-order valence-corrected chi connectivity index (χ2v) is 1.48. The summed E-state index contributed by atoms with van der Waals surface area (Å²) in [6.45, 7) is 2.53.